The Kier molecular flexibility index (Phi) is 4.98. The highest BCUT2D eigenvalue weighted by molar-refractivity contribution is 5.93. The van der Waals surface area contributed by atoms with Crippen molar-refractivity contribution < 1.29 is 4.79 Å². The van der Waals surface area contributed by atoms with E-state index >= 15 is 0 Å². The minimum atomic E-state index is -0.154. The van der Waals surface area contributed by atoms with Gasteiger partial charge in [-0.05, 0) is 30.0 Å². The van der Waals surface area contributed by atoms with Crippen LogP contribution in [0.4, 0.5) is 0 Å². The summed E-state index contributed by atoms with van der Waals surface area (Å²) in [5.74, 6) is 0.343. The Morgan fingerprint density at radius 2 is 1.88 bits per heavy atom. The molecule has 4 nitrogen and oxygen atoms in total. The molecule has 0 atom stereocenters. The number of amides is 1. The van der Waals surface area contributed by atoms with E-state index in [1.165, 1.54) is 11.1 Å². The van der Waals surface area contributed by atoms with Crippen molar-refractivity contribution >= 4 is 5.91 Å². The smallest absolute Gasteiger partial charge is 0.269 e. The summed E-state index contributed by atoms with van der Waals surface area (Å²) >= 11 is 0. The lowest BCUT2D eigenvalue weighted by Crippen LogP contribution is -2.23. The minimum Gasteiger partial charge on any atom is -0.347 e. The molecular formula is C21H23N3O. The molecule has 128 valence electrons. The fraction of sp³-hybridized carbons (Fsp3) is 0.238. The molecule has 3 rings (SSSR count). The Bertz CT molecular complexity index is 863. The lowest BCUT2D eigenvalue weighted by molar-refractivity contribution is 0.0946. The summed E-state index contributed by atoms with van der Waals surface area (Å²) in [6, 6.07) is 18.2. The van der Waals surface area contributed by atoms with Gasteiger partial charge in [0.1, 0.15) is 5.69 Å². The number of aryl methyl sites for hydroxylation is 1. The molecule has 0 radical (unpaired) electrons. The SMILES string of the molecule is Cc1cccc(CNC(=O)c2cc(-c3ccc(C(C)C)cc3)n[nH]2)c1. The van der Waals surface area contributed by atoms with Crippen LogP contribution in [-0.2, 0) is 6.54 Å². The van der Waals surface area contributed by atoms with E-state index in [9.17, 15) is 4.79 Å². The summed E-state index contributed by atoms with van der Waals surface area (Å²) in [5.41, 5.74) is 5.79. The van der Waals surface area contributed by atoms with Gasteiger partial charge >= 0.3 is 0 Å². The topological polar surface area (TPSA) is 57.8 Å². The second-order valence-corrected chi connectivity index (χ2v) is 6.62. The number of carbonyl (C=O) groups excluding carboxylic acids is 1. The molecule has 0 saturated heterocycles. The van der Waals surface area contributed by atoms with E-state index < -0.39 is 0 Å². The fourth-order valence-electron chi connectivity index (χ4n) is 2.72. The molecule has 3 aromatic rings. The Hall–Kier alpha value is -2.88. The Labute approximate surface area is 148 Å². The molecule has 0 bridgehead atoms. The summed E-state index contributed by atoms with van der Waals surface area (Å²) in [5, 5.41) is 10.0. The zero-order chi connectivity index (χ0) is 17.8. The highest BCUT2D eigenvalue weighted by Gasteiger charge is 2.11. The maximum Gasteiger partial charge on any atom is 0.269 e. The molecule has 25 heavy (non-hydrogen) atoms. The molecule has 0 aliphatic rings. The van der Waals surface area contributed by atoms with Crippen LogP contribution in [0.3, 0.4) is 0 Å². The first-order valence-corrected chi connectivity index (χ1v) is 8.52. The van der Waals surface area contributed by atoms with Crippen molar-refractivity contribution in [2.75, 3.05) is 0 Å². The molecule has 1 amide bonds. The molecule has 1 aromatic heterocycles. The van der Waals surface area contributed by atoms with Crippen molar-refractivity contribution in [1.82, 2.24) is 15.5 Å². The quantitative estimate of drug-likeness (QED) is 0.725. The van der Waals surface area contributed by atoms with Crippen LogP contribution in [0.25, 0.3) is 11.3 Å². The molecule has 0 aliphatic carbocycles. The molecule has 4 heteroatoms. The van der Waals surface area contributed by atoms with Crippen LogP contribution in [0.1, 0.15) is 46.9 Å². The van der Waals surface area contributed by atoms with E-state index in [-0.39, 0.29) is 5.91 Å². The van der Waals surface area contributed by atoms with Crippen LogP contribution >= 0.6 is 0 Å². The van der Waals surface area contributed by atoms with Gasteiger partial charge in [-0.3, -0.25) is 9.89 Å². The average molecular weight is 333 g/mol. The van der Waals surface area contributed by atoms with Crippen molar-refractivity contribution in [2.24, 2.45) is 0 Å². The number of nitrogens with zero attached hydrogens (tertiary/aromatic N) is 1. The monoisotopic (exact) mass is 333 g/mol. The van der Waals surface area contributed by atoms with Gasteiger partial charge in [-0.25, -0.2) is 0 Å². The summed E-state index contributed by atoms with van der Waals surface area (Å²) in [6.45, 7) is 6.87. The maximum absolute atomic E-state index is 12.3. The predicted molar refractivity (Wildman–Crippen MR) is 100 cm³/mol. The van der Waals surface area contributed by atoms with Crippen molar-refractivity contribution in [3.63, 3.8) is 0 Å². The van der Waals surface area contributed by atoms with E-state index in [2.05, 4.69) is 47.6 Å². The number of rotatable bonds is 5. The first-order valence-electron chi connectivity index (χ1n) is 8.52. The number of hydrogen-bond acceptors (Lipinski definition) is 2. The van der Waals surface area contributed by atoms with Gasteiger partial charge in [0, 0.05) is 12.1 Å². The molecule has 0 aliphatic heterocycles. The lowest BCUT2D eigenvalue weighted by Gasteiger charge is -2.05. The third-order valence-electron chi connectivity index (χ3n) is 4.23. The van der Waals surface area contributed by atoms with Crippen LogP contribution in [0.15, 0.2) is 54.6 Å². The van der Waals surface area contributed by atoms with Crippen LogP contribution in [-0.4, -0.2) is 16.1 Å². The van der Waals surface area contributed by atoms with Crippen LogP contribution in [0.5, 0.6) is 0 Å². The highest BCUT2D eigenvalue weighted by Crippen LogP contribution is 2.21. The standard InChI is InChI=1S/C21H23N3O/c1-14(2)17-7-9-18(10-8-17)19-12-20(24-23-19)21(25)22-13-16-6-4-5-15(3)11-16/h4-12,14H,13H2,1-3H3,(H,22,25)(H,23,24). The molecule has 2 N–H and O–H groups in total. The van der Waals surface area contributed by atoms with Crippen LogP contribution in [0.2, 0.25) is 0 Å². The number of aromatic nitrogens is 2. The Balaban J connectivity index is 1.67. The normalized spacial score (nSPS) is 10.9. The van der Waals surface area contributed by atoms with Crippen molar-refractivity contribution in [2.45, 2.75) is 33.2 Å². The highest BCUT2D eigenvalue weighted by atomic mass is 16.1. The van der Waals surface area contributed by atoms with Gasteiger partial charge in [0.15, 0.2) is 0 Å². The Morgan fingerprint density at radius 1 is 1.12 bits per heavy atom. The van der Waals surface area contributed by atoms with Gasteiger partial charge in [-0.1, -0.05) is 67.9 Å². The van der Waals surface area contributed by atoms with Crippen molar-refractivity contribution in [3.8, 4) is 11.3 Å². The van der Waals surface area contributed by atoms with Gasteiger partial charge in [0.2, 0.25) is 0 Å². The average Bonchev–Trinajstić information content (AvgIpc) is 3.10. The van der Waals surface area contributed by atoms with Gasteiger partial charge < -0.3 is 5.32 Å². The van der Waals surface area contributed by atoms with E-state index in [0.29, 0.717) is 18.2 Å². The van der Waals surface area contributed by atoms with Gasteiger partial charge in [0.05, 0.1) is 5.69 Å². The van der Waals surface area contributed by atoms with Crippen molar-refractivity contribution in [3.05, 3.63) is 77.0 Å². The van der Waals surface area contributed by atoms with Crippen LogP contribution in [0, 0.1) is 6.92 Å². The van der Waals surface area contributed by atoms with E-state index in [4.69, 9.17) is 0 Å². The Morgan fingerprint density at radius 3 is 2.56 bits per heavy atom. The zero-order valence-electron chi connectivity index (χ0n) is 14.8. The number of nitrogens with one attached hydrogen (secondary N) is 2. The van der Waals surface area contributed by atoms with Crippen LogP contribution < -0.4 is 5.32 Å². The van der Waals surface area contributed by atoms with E-state index in [1.54, 1.807) is 6.07 Å². The van der Waals surface area contributed by atoms with Gasteiger partial charge in [-0.2, -0.15) is 5.10 Å². The first-order chi connectivity index (χ1) is 12.0. The number of H-pyrrole nitrogens is 1. The van der Waals surface area contributed by atoms with Gasteiger partial charge in [-0.15, -0.1) is 0 Å². The second kappa shape index (κ2) is 7.34. The number of benzene rings is 2. The summed E-state index contributed by atoms with van der Waals surface area (Å²) < 4.78 is 0. The summed E-state index contributed by atoms with van der Waals surface area (Å²) in [4.78, 5) is 12.3. The molecule has 1 heterocycles. The maximum atomic E-state index is 12.3. The number of hydrogen-bond donors (Lipinski definition) is 2. The molecule has 0 saturated carbocycles. The van der Waals surface area contributed by atoms with Gasteiger partial charge in [0.25, 0.3) is 5.91 Å². The first kappa shape index (κ1) is 17.0. The predicted octanol–water partition coefficient (Wildman–Crippen LogP) is 4.44. The summed E-state index contributed by atoms with van der Waals surface area (Å²) in [6.07, 6.45) is 0. The number of aromatic amines is 1. The zero-order valence-corrected chi connectivity index (χ0v) is 14.8. The largest absolute Gasteiger partial charge is 0.347 e. The molecule has 2 aromatic carbocycles. The molecule has 0 fully saturated rings. The molecular weight excluding hydrogens is 310 g/mol. The fourth-order valence-corrected chi connectivity index (χ4v) is 2.72. The second-order valence-electron chi connectivity index (χ2n) is 6.62. The van der Waals surface area contributed by atoms with E-state index in [1.807, 2.05) is 37.3 Å². The lowest BCUT2D eigenvalue weighted by atomic mass is 10.0. The third kappa shape index (κ3) is 4.15. The summed E-state index contributed by atoms with van der Waals surface area (Å²) in [7, 11) is 0. The number of carbonyl (C=O) groups is 1. The molecule has 0 unspecified atom stereocenters. The van der Waals surface area contributed by atoms with E-state index in [0.717, 1.165) is 16.8 Å². The molecule has 0 spiro atoms. The minimum absolute atomic E-state index is 0.154. The third-order valence-corrected chi connectivity index (χ3v) is 4.23. The van der Waals surface area contributed by atoms with Crippen molar-refractivity contribution in [1.29, 1.82) is 0 Å².